The number of hydrogen-bond donors (Lipinski definition) is 1. The molecule has 3 aromatic rings. The Balaban J connectivity index is 1.35. The van der Waals surface area contributed by atoms with Crippen LogP contribution in [0.5, 0.6) is 5.75 Å². The maximum absolute atomic E-state index is 5.94. The third-order valence-corrected chi connectivity index (χ3v) is 4.67. The van der Waals surface area contributed by atoms with E-state index in [1.165, 1.54) is 16.7 Å². The van der Waals surface area contributed by atoms with Crippen LogP contribution >= 0.6 is 0 Å². The molecular formula is C23H23N3O. The molecule has 0 aromatic heterocycles. The predicted octanol–water partition coefficient (Wildman–Crippen LogP) is 3.79. The van der Waals surface area contributed by atoms with Crippen LogP contribution in [0.3, 0.4) is 0 Å². The quantitative estimate of drug-likeness (QED) is 0.683. The van der Waals surface area contributed by atoms with E-state index in [1.807, 2.05) is 30.3 Å². The second kappa shape index (κ2) is 8.06. The van der Waals surface area contributed by atoms with Crippen molar-refractivity contribution in [3.8, 4) is 5.75 Å². The van der Waals surface area contributed by atoms with E-state index in [0.29, 0.717) is 6.61 Å². The molecule has 0 atom stereocenters. The van der Waals surface area contributed by atoms with Crippen LogP contribution in [0.25, 0.3) is 0 Å². The summed E-state index contributed by atoms with van der Waals surface area (Å²) in [5, 5.41) is 1.71. The molecule has 0 saturated carbocycles. The molecule has 1 heterocycles. The molecule has 0 spiro atoms. The van der Waals surface area contributed by atoms with Crippen molar-refractivity contribution < 1.29 is 4.74 Å². The van der Waals surface area contributed by atoms with Crippen LogP contribution in [0.1, 0.15) is 22.3 Å². The van der Waals surface area contributed by atoms with Crippen LogP contribution in [0.15, 0.2) is 83.9 Å². The number of benzene rings is 3. The zero-order valence-corrected chi connectivity index (χ0v) is 15.2. The molecule has 4 rings (SSSR count). The maximum atomic E-state index is 5.94. The summed E-state index contributed by atoms with van der Waals surface area (Å²) in [5.41, 5.74) is 4.76. The molecule has 27 heavy (non-hydrogen) atoms. The molecular weight excluding hydrogens is 334 g/mol. The molecule has 0 fully saturated rings. The smallest absolute Gasteiger partial charge is 0.145 e. The molecule has 1 aliphatic rings. The molecule has 136 valence electrons. The maximum Gasteiger partial charge on any atom is 0.145 e. The summed E-state index contributed by atoms with van der Waals surface area (Å²) >= 11 is 0. The van der Waals surface area contributed by atoms with E-state index >= 15 is 0 Å². The van der Waals surface area contributed by atoms with E-state index < -0.39 is 0 Å². The van der Waals surface area contributed by atoms with Gasteiger partial charge in [-0.2, -0.15) is 0 Å². The highest BCUT2D eigenvalue weighted by Gasteiger charge is 2.14. The van der Waals surface area contributed by atoms with E-state index in [9.17, 15) is 0 Å². The van der Waals surface area contributed by atoms with Gasteiger partial charge in [0.25, 0.3) is 0 Å². The van der Waals surface area contributed by atoms with Gasteiger partial charge in [0.05, 0.1) is 13.1 Å². The lowest BCUT2D eigenvalue weighted by molar-refractivity contribution is 0.306. The van der Waals surface area contributed by atoms with Gasteiger partial charge in [-0.15, -0.1) is 0 Å². The Hall–Kier alpha value is -3.11. The third kappa shape index (κ3) is 4.36. The lowest BCUT2D eigenvalue weighted by Crippen LogP contribution is -2.34. The van der Waals surface area contributed by atoms with E-state index in [2.05, 4.69) is 53.5 Å². The highest BCUT2D eigenvalue weighted by molar-refractivity contribution is 5.99. The van der Waals surface area contributed by atoms with Gasteiger partial charge >= 0.3 is 0 Å². The van der Waals surface area contributed by atoms with Gasteiger partial charge in [0.15, 0.2) is 0 Å². The van der Waals surface area contributed by atoms with Gasteiger partial charge in [0.1, 0.15) is 18.2 Å². The fourth-order valence-corrected chi connectivity index (χ4v) is 3.17. The standard InChI is InChI=1S/C23H23N3O/c24-26-15-14-25-23(26)21-10-6-18(7-11-21)16-19-8-12-22(13-9-19)27-17-20-4-2-1-3-5-20/h1-13H,14-17,24H2. The van der Waals surface area contributed by atoms with Crippen LogP contribution < -0.4 is 10.6 Å². The fourth-order valence-electron chi connectivity index (χ4n) is 3.17. The molecule has 3 aromatic carbocycles. The summed E-state index contributed by atoms with van der Waals surface area (Å²) in [5.74, 6) is 7.70. The number of hydrazine groups is 1. The Morgan fingerprint density at radius 1 is 0.815 bits per heavy atom. The van der Waals surface area contributed by atoms with Crippen LogP contribution in [-0.4, -0.2) is 23.9 Å². The number of aliphatic imine (C=N–C) groups is 1. The van der Waals surface area contributed by atoms with Crippen molar-refractivity contribution in [2.45, 2.75) is 13.0 Å². The number of nitrogens with zero attached hydrogens (tertiary/aromatic N) is 2. The van der Waals surface area contributed by atoms with E-state index in [0.717, 1.165) is 36.7 Å². The predicted molar refractivity (Wildman–Crippen MR) is 109 cm³/mol. The van der Waals surface area contributed by atoms with Crippen LogP contribution in [0.2, 0.25) is 0 Å². The van der Waals surface area contributed by atoms with Gasteiger partial charge in [0.2, 0.25) is 0 Å². The Labute approximate surface area is 159 Å². The van der Waals surface area contributed by atoms with Crippen molar-refractivity contribution in [3.63, 3.8) is 0 Å². The summed E-state index contributed by atoms with van der Waals surface area (Å²) in [7, 11) is 0. The summed E-state index contributed by atoms with van der Waals surface area (Å²) in [6.45, 7) is 2.14. The third-order valence-electron chi connectivity index (χ3n) is 4.67. The number of rotatable bonds is 6. The second-order valence-corrected chi connectivity index (χ2v) is 6.69. The van der Waals surface area contributed by atoms with Crippen molar-refractivity contribution in [1.29, 1.82) is 0 Å². The Bertz CT molecular complexity index is 903. The Kier molecular flexibility index (Phi) is 5.17. The van der Waals surface area contributed by atoms with Crippen molar-refractivity contribution in [3.05, 3.63) is 101 Å². The lowest BCUT2D eigenvalue weighted by Gasteiger charge is -2.13. The molecule has 4 nitrogen and oxygen atoms in total. The summed E-state index contributed by atoms with van der Waals surface area (Å²) in [4.78, 5) is 4.45. The summed E-state index contributed by atoms with van der Waals surface area (Å²) < 4.78 is 5.85. The van der Waals surface area contributed by atoms with Crippen molar-refractivity contribution in [1.82, 2.24) is 5.01 Å². The molecule has 0 amide bonds. The fraction of sp³-hybridized carbons (Fsp3) is 0.174. The van der Waals surface area contributed by atoms with E-state index in [-0.39, 0.29) is 0 Å². The van der Waals surface area contributed by atoms with Crippen molar-refractivity contribution >= 4 is 5.84 Å². The number of ether oxygens (including phenoxy) is 1. The molecule has 0 saturated heterocycles. The largest absolute Gasteiger partial charge is 0.489 e. The van der Waals surface area contributed by atoms with Crippen LogP contribution in [0, 0.1) is 0 Å². The average Bonchev–Trinajstić information content (AvgIpc) is 3.15. The van der Waals surface area contributed by atoms with Gasteiger partial charge in [0, 0.05) is 5.56 Å². The summed E-state index contributed by atoms with van der Waals surface area (Å²) in [6.07, 6.45) is 0.887. The molecule has 0 radical (unpaired) electrons. The number of hydrogen-bond acceptors (Lipinski definition) is 4. The molecule has 0 unspecified atom stereocenters. The highest BCUT2D eigenvalue weighted by atomic mass is 16.5. The molecule has 4 heteroatoms. The van der Waals surface area contributed by atoms with Gasteiger partial charge in [-0.05, 0) is 35.2 Å². The van der Waals surface area contributed by atoms with E-state index in [4.69, 9.17) is 10.6 Å². The topological polar surface area (TPSA) is 50.8 Å². The number of nitrogens with two attached hydrogens (primary N) is 1. The zero-order valence-electron chi connectivity index (χ0n) is 15.2. The van der Waals surface area contributed by atoms with Crippen LogP contribution in [-0.2, 0) is 13.0 Å². The second-order valence-electron chi connectivity index (χ2n) is 6.69. The molecule has 2 N–H and O–H groups in total. The SMILES string of the molecule is NN1CCN=C1c1ccc(Cc2ccc(OCc3ccccc3)cc2)cc1. The van der Waals surface area contributed by atoms with Gasteiger partial charge in [-0.3, -0.25) is 10.0 Å². The normalized spacial score (nSPS) is 13.5. The summed E-state index contributed by atoms with van der Waals surface area (Å²) in [6, 6.07) is 27.0. The zero-order chi connectivity index (χ0) is 18.5. The van der Waals surface area contributed by atoms with Gasteiger partial charge in [-0.25, -0.2) is 5.84 Å². The van der Waals surface area contributed by atoms with Gasteiger partial charge in [-0.1, -0.05) is 66.7 Å². The van der Waals surface area contributed by atoms with E-state index in [1.54, 1.807) is 5.01 Å². The first-order valence-corrected chi connectivity index (χ1v) is 9.19. The first kappa shape index (κ1) is 17.3. The Morgan fingerprint density at radius 3 is 2.11 bits per heavy atom. The van der Waals surface area contributed by atoms with Crippen molar-refractivity contribution in [2.24, 2.45) is 10.8 Å². The Morgan fingerprint density at radius 2 is 1.48 bits per heavy atom. The molecule has 0 bridgehead atoms. The minimum atomic E-state index is 0.587. The van der Waals surface area contributed by atoms with Crippen LogP contribution in [0.4, 0.5) is 0 Å². The minimum Gasteiger partial charge on any atom is -0.489 e. The minimum absolute atomic E-state index is 0.587. The monoisotopic (exact) mass is 357 g/mol. The number of amidine groups is 1. The highest BCUT2D eigenvalue weighted by Crippen LogP contribution is 2.18. The first-order chi connectivity index (χ1) is 13.3. The average molecular weight is 357 g/mol. The molecule has 0 aliphatic carbocycles. The van der Waals surface area contributed by atoms with Gasteiger partial charge < -0.3 is 4.74 Å². The lowest BCUT2D eigenvalue weighted by atomic mass is 10.0. The first-order valence-electron chi connectivity index (χ1n) is 9.19. The van der Waals surface area contributed by atoms with Crippen molar-refractivity contribution in [2.75, 3.05) is 13.1 Å². The molecule has 1 aliphatic heterocycles.